The lowest BCUT2D eigenvalue weighted by molar-refractivity contribution is -0.128. The Morgan fingerprint density at radius 1 is 1.29 bits per heavy atom. The largest absolute Gasteiger partial charge is 0.343 e. The van der Waals surface area contributed by atoms with Crippen molar-refractivity contribution in [2.24, 2.45) is 0 Å². The molecule has 1 fully saturated rings. The number of amides is 1. The van der Waals surface area contributed by atoms with Gasteiger partial charge in [0.15, 0.2) is 0 Å². The average Bonchev–Trinajstić information content (AvgIpc) is 3.03. The maximum Gasteiger partial charge on any atom is 0.343 e. The first-order chi connectivity index (χ1) is 10.2. The number of carbonyl (C=O) groups is 1. The topological polar surface area (TPSA) is 71.0 Å². The quantitative estimate of drug-likeness (QED) is 0.915. The summed E-state index contributed by atoms with van der Waals surface area (Å²) in [4.78, 5) is 25.6. The van der Waals surface area contributed by atoms with E-state index < -0.39 is 0 Å². The molecule has 21 heavy (non-hydrogen) atoms. The SMILES string of the molecule is CCn1c(C2CC(=O)N(Cc3ccccc3)C2)n[nH]c1=O. The van der Waals surface area contributed by atoms with E-state index in [0.29, 0.717) is 31.9 Å². The van der Waals surface area contributed by atoms with Crippen LogP contribution < -0.4 is 5.69 Å². The first-order valence-electron chi connectivity index (χ1n) is 7.16. The predicted octanol–water partition coefficient (Wildman–Crippen LogP) is 1.11. The summed E-state index contributed by atoms with van der Waals surface area (Å²) in [6, 6.07) is 9.92. The van der Waals surface area contributed by atoms with E-state index in [1.165, 1.54) is 0 Å². The molecule has 1 aromatic heterocycles. The molecule has 1 saturated heterocycles. The van der Waals surface area contributed by atoms with Gasteiger partial charge in [-0.1, -0.05) is 30.3 Å². The lowest BCUT2D eigenvalue weighted by Crippen LogP contribution is -2.25. The second-order valence-electron chi connectivity index (χ2n) is 5.29. The van der Waals surface area contributed by atoms with Crippen LogP contribution >= 0.6 is 0 Å². The van der Waals surface area contributed by atoms with Crippen LogP contribution in [-0.4, -0.2) is 32.1 Å². The predicted molar refractivity (Wildman–Crippen MR) is 77.7 cm³/mol. The van der Waals surface area contributed by atoms with Crippen molar-refractivity contribution in [1.29, 1.82) is 0 Å². The zero-order chi connectivity index (χ0) is 14.8. The van der Waals surface area contributed by atoms with Crippen molar-refractivity contribution >= 4 is 5.91 Å². The van der Waals surface area contributed by atoms with Gasteiger partial charge in [-0.25, -0.2) is 9.89 Å². The van der Waals surface area contributed by atoms with Gasteiger partial charge >= 0.3 is 5.69 Å². The van der Waals surface area contributed by atoms with Gasteiger partial charge in [0.25, 0.3) is 0 Å². The van der Waals surface area contributed by atoms with Crippen LogP contribution in [0.2, 0.25) is 0 Å². The second kappa shape index (κ2) is 5.55. The summed E-state index contributed by atoms with van der Waals surface area (Å²) in [6.07, 6.45) is 0.414. The molecular weight excluding hydrogens is 268 g/mol. The maximum absolute atomic E-state index is 12.2. The van der Waals surface area contributed by atoms with E-state index in [1.54, 1.807) is 4.57 Å². The standard InChI is InChI=1S/C15H18N4O2/c1-2-19-14(16-17-15(19)21)12-8-13(20)18(10-12)9-11-6-4-3-5-7-11/h3-7,12H,2,8-10H2,1H3,(H,17,21). The fourth-order valence-electron chi connectivity index (χ4n) is 2.85. The molecule has 6 heteroatoms. The number of nitrogens with one attached hydrogen (secondary N) is 1. The summed E-state index contributed by atoms with van der Waals surface area (Å²) in [5, 5.41) is 6.56. The number of hydrogen-bond donors (Lipinski definition) is 1. The summed E-state index contributed by atoms with van der Waals surface area (Å²) in [5.41, 5.74) is 0.905. The molecule has 0 bridgehead atoms. The number of nitrogens with zero attached hydrogens (tertiary/aromatic N) is 3. The summed E-state index contributed by atoms with van der Waals surface area (Å²) in [5.74, 6) is 0.786. The third-order valence-corrected chi connectivity index (χ3v) is 3.90. The van der Waals surface area contributed by atoms with Crippen molar-refractivity contribution in [2.75, 3.05) is 6.54 Å². The first-order valence-corrected chi connectivity index (χ1v) is 7.16. The summed E-state index contributed by atoms with van der Waals surface area (Å²) in [7, 11) is 0. The van der Waals surface area contributed by atoms with Gasteiger partial charge in [-0.05, 0) is 12.5 Å². The Morgan fingerprint density at radius 3 is 2.76 bits per heavy atom. The summed E-state index contributed by atoms with van der Waals surface area (Å²) >= 11 is 0. The highest BCUT2D eigenvalue weighted by Gasteiger charge is 2.33. The Hall–Kier alpha value is -2.37. The number of hydrogen-bond acceptors (Lipinski definition) is 3. The maximum atomic E-state index is 12.2. The van der Waals surface area contributed by atoms with E-state index in [1.807, 2.05) is 42.2 Å². The Labute approximate surface area is 122 Å². The zero-order valence-electron chi connectivity index (χ0n) is 12.0. The normalized spacial score (nSPS) is 18.4. The van der Waals surface area contributed by atoms with Gasteiger partial charge < -0.3 is 4.90 Å². The molecule has 0 saturated carbocycles. The number of rotatable bonds is 4. The van der Waals surface area contributed by atoms with Gasteiger partial charge in [0.2, 0.25) is 5.91 Å². The molecule has 2 aromatic rings. The van der Waals surface area contributed by atoms with E-state index in [2.05, 4.69) is 10.2 Å². The molecular formula is C15H18N4O2. The van der Waals surface area contributed by atoms with Crippen LogP contribution in [0.1, 0.15) is 30.7 Å². The molecule has 1 aliphatic heterocycles. The van der Waals surface area contributed by atoms with Crippen molar-refractivity contribution in [3.63, 3.8) is 0 Å². The van der Waals surface area contributed by atoms with Gasteiger partial charge in [0, 0.05) is 32.0 Å². The first kappa shape index (κ1) is 13.6. The lowest BCUT2D eigenvalue weighted by Gasteiger charge is -2.16. The Balaban J connectivity index is 1.77. The average molecular weight is 286 g/mol. The molecule has 3 rings (SSSR count). The van der Waals surface area contributed by atoms with Crippen molar-refractivity contribution < 1.29 is 4.79 Å². The molecule has 0 spiro atoms. The van der Waals surface area contributed by atoms with Crippen LogP contribution in [0.25, 0.3) is 0 Å². The van der Waals surface area contributed by atoms with Gasteiger partial charge in [0.05, 0.1) is 0 Å². The zero-order valence-corrected chi connectivity index (χ0v) is 12.0. The number of aromatic nitrogens is 3. The molecule has 1 unspecified atom stereocenters. The molecule has 0 radical (unpaired) electrons. The molecule has 1 atom stereocenters. The molecule has 1 N–H and O–H groups in total. The van der Waals surface area contributed by atoms with E-state index in [0.717, 1.165) is 5.56 Å². The molecule has 1 aromatic carbocycles. The molecule has 0 aliphatic carbocycles. The smallest absolute Gasteiger partial charge is 0.338 e. The third-order valence-electron chi connectivity index (χ3n) is 3.90. The molecule has 6 nitrogen and oxygen atoms in total. The van der Waals surface area contributed by atoms with Crippen molar-refractivity contribution in [3.05, 3.63) is 52.2 Å². The monoisotopic (exact) mass is 286 g/mol. The highest BCUT2D eigenvalue weighted by Crippen LogP contribution is 2.27. The molecule has 110 valence electrons. The molecule has 1 aliphatic rings. The number of H-pyrrole nitrogens is 1. The van der Waals surface area contributed by atoms with Gasteiger partial charge in [-0.3, -0.25) is 9.36 Å². The lowest BCUT2D eigenvalue weighted by atomic mass is 10.1. The van der Waals surface area contributed by atoms with Crippen LogP contribution in [0.5, 0.6) is 0 Å². The minimum Gasteiger partial charge on any atom is -0.338 e. The van der Waals surface area contributed by atoms with E-state index in [-0.39, 0.29) is 17.5 Å². The number of carbonyl (C=O) groups excluding carboxylic acids is 1. The minimum atomic E-state index is -0.207. The number of aromatic amines is 1. The second-order valence-corrected chi connectivity index (χ2v) is 5.29. The highest BCUT2D eigenvalue weighted by molar-refractivity contribution is 5.79. The van der Waals surface area contributed by atoms with Crippen LogP contribution in [0, 0.1) is 0 Å². The third kappa shape index (κ3) is 2.61. The fourth-order valence-corrected chi connectivity index (χ4v) is 2.85. The molecule has 2 heterocycles. The van der Waals surface area contributed by atoms with Crippen molar-refractivity contribution in [2.45, 2.75) is 32.4 Å². The number of benzene rings is 1. The number of likely N-dealkylation sites (tertiary alicyclic amines) is 1. The molecule has 1 amide bonds. The minimum absolute atomic E-state index is 0.0138. The van der Waals surface area contributed by atoms with Crippen molar-refractivity contribution in [1.82, 2.24) is 19.7 Å². The summed E-state index contributed by atoms with van der Waals surface area (Å²) < 4.78 is 1.60. The van der Waals surface area contributed by atoms with E-state index >= 15 is 0 Å². The Bertz CT molecular complexity index is 689. The Kier molecular flexibility index (Phi) is 3.60. The van der Waals surface area contributed by atoms with Crippen LogP contribution in [0.4, 0.5) is 0 Å². The van der Waals surface area contributed by atoms with Crippen LogP contribution in [-0.2, 0) is 17.9 Å². The van der Waals surface area contributed by atoms with Crippen LogP contribution in [0.3, 0.4) is 0 Å². The van der Waals surface area contributed by atoms with Gasteiger partial charge in [-0.2, -0.15) is 5.10 Å². The van der Waals surface area contributed by atoms with Gasteiger partial charge in [-0.15, -0.1) is 0 Å². The van der Waals surface area contributed by atoms with Crippen molar-refractivity contribution in [3.8, 4) is 0 Å². The van der Waals surface area contributed by atoms with E-state index in [9.17, 15) is 9.59 Å². The van der Waals surface area contributed by atoms with Crippen LogP contribution in [0.15, 0.2) is 35.1 Å². The van der Waals surface area contributed by atoms with Gasteiger partial charge in [0.1, 0.15) is 5.82 Å². The summed E-state index contributed by atoms with van der Waals surface area (Å²) in [6.45, 7) is 3.68. The van der Waals surface area contributed by atoms with E-state index in [4.69, 9.17) is 0 Å². The fraction of sp³-hybridized carbons (Fsp3) is 0.400. The Morgan fingerprint density at radius 2 is 2.05 bits per heavy atom. The highest BCUT2D eigenvalue weighted by atomic mass is 16.2.